The topological polar surface area (TPSA) is 75.9 Å². The Bertz CT molecular complexity index is 1240. The maximum atomic E-state index is 13.2. The maximum absolute atomic E-state index is 13.2. The maximum Gasteiger partial charge on any atom is 0.261 e. The molecule has 2 amide bonds. The molecule has 6 nitrogen and oxygen atoms in total. The van der Waals surface area contributed by atoms with Crippen molar-refractivity contribution in [1.29, 1.82) is 0 Å². The molecular weight excluding hydrogens is 402 g/mol. The monoisotopic (exact) mass is 425 g/mol. The molecule has 2 aliphatic rings. The van der Waals surface area contributed by atoms with Crippen molar-refractivity contribution in [3.8, 4) is 11.8 Å². The fraction of sp³-hybridized carbons (Fsp3) is 0.231. The fourth-order valence-electron chi connectivity index (χ4n) is 4.23. The van der Waals surface area contributed by atoms with E-state index in [4.69, 9.17) is 10.5 Å². The van der Waals surface area contributed by atoms with Crippen LogP contribution in [0.3, 0.4) is 0 Å². The number of carbonyl (C=O) groups excluding carboxylic acids is 2. The lowest BCUT2D eigenvalue weighted by Crippen LogP contribution is -2.46. The molecule has 160 valence electrons. The summed E-state index contributed by atoms with van der Waals surface area (Å²) in [6.07, 6.45) is 0. The van der Waals surface area contributed by atoms with E-state index in [0.717, 1.165) is 29.6 Å². The molecule has 2 aliphatic heterocycles. The van der Waals surface area contributed by atoms with Gasteiger partial charge in [-0.2, -0.15) is 0 Å². The highest BCUT2D eigenvalue weighted by atomic mass is 16.5. The van der Waals surface area contributed by atoms with Crippen molar-refractivity contribution in [2.45, 2.75) is 0 Å². The summed E-state index contributed by atoms with van der Waals surface area (Å²) in [5.41, 5.74) is 9.16. The van der Waals surface area contributed by atoms with E-state index in [1.165, 1.54) is 4.90 Å². The van der Waals surface area contributed by atoms with Crippen molar-refractivity contribution in [1.82, 2.24) is 9.80 Å². The summed E-state index contributed by atoms with van der Waals surface area (Å²) in [4.78, 5) is 30.0. The van der Waals surface area contributed by atoms with Gasteiger partial charge >= 0.3 is 0 Å². The smallest absolute Gasteiger partial charge is 0.261 e. The molecule has 0 atom stereocenters. The second kappa shape index (κ2) is 8.46. The molecule has 5 rings (SSSR count). The van der Waals surface area contributed by atoms with Crippen LogP contribution in [0, 0.1) is 11.8 Å². The van der Waals surface area contributed by atoms with Gasteiger partial charge in [-0.25, -0.2) is 0 Å². The van der Waals surface area contributed by atoms with E-state index in [2.05, 4.69) is 16.7 Å². The minimum absolute atomic E-state index is 0.245. The Morgan fingerprint density at radius 1 is 0.844 bits per heavy atom. The first kappa shape index (κ1) is 20.3. The Morgan fingerprint density at radius 3 is 2.31 bits per heavy atom. The number of rotatable bonds is 3. The first-order valence-corrected chi connectivity index (χ1v) is 10.7. The molecule has 0 aromatic heterocycles. The number of carbonyl (C=O) groups is 2. The van der Waals surface area contributed by atoms with Crippen LogP contribution < -0.4 is 5.73 Å². The van der Waals surface area contributed by atoms with Crippen LogP contribution >= 0.6 is 0 Å². The average molecular weight is 425 g/mol. The Balaban J connectivity index is 1.47. The summed E-state index contributed by atoms with van der Waals surface area (Å²) in [5.74, 6) is 5.84. The van der Waals surface area contributed by atoms with Gasteiger partial charge in [0.25, 0.3) is 11.8 Å². The number of nitrogens with two attached hydrogens (primary N) is 1. The number of benzene rings is 3. The minimum Gasteiger partial charge on any atom is -0.399 e. The first-order chi connectivity index (χ1) is 15.6. The van der Waals surface area contributed by atoms with Gasteiger partial charge < -0.3 is 10.5 Å². The van der Waals surface area contributed by atoms with Gasteiger partial charge in [-0.1, -0.05) is 24.0 Å². The molecule has 3 aromatic rings. The average Bonchev–Trinajstić information content (AvgIpc) is 2.83. The van der Waals surface area contributed by atoms with Crippen molar-refractivity contribution >= 4 is 28.3 Å². The van der Waals surface area contributed by atoms with Crippen LogP contribution in [0.4, 0.5) is 5.69 Å². The second-order valence-corrected chi connectivity index (χ2v) is 7.98. The van der Waals surface area contributed by atoms with E-state index in [-0.39, 0.29) is 11.8 Å². The SMILES string of the molecule is Nc1ccc(C#Cc2ccc3c4c(cccc24)C(=O)N(CCN2CCOCC2)C3=O)cc1. The standard InChI is InChI=1S/C26H23N3O3/c27-20-9-5-18(6-10-20)4-7-19-8-11-23-24-21(19)2-1-3-22(24)25(30)29(26(23)31)13-12-28-14-16-32-17-15-28/h1-3,5-6,8-11H,12-17,27H2. The van der Waals surface area contributed by atoms with E-state index >= 15 is 0 Å². The number of hydrogen-bond acceptors (Lipinski definition) is 5. The Labute approximate surface area is 186 Å². The van der Waals surface area contributed by atoms with Crippen LogP contribution in [0.2, 0.25) is 0 Å². The number of hydrogen-bond donors (Lipinski definition) is 1. The fourth-order valence-corrected chi connectivity index (χ4v) is 4.23. The molecule has 0 bridgehead atoms. The van der Waals surface area contributed by atoms with Crippen LogP contribution in [0.25, 0.3) is 10.8 Å². The van der Waals surface area contributed by atoms with Gasteiger partial charge in [0.15, 0.2) is 0 Å². The number of morpholine rings is 1. The number of anilines is 1. The predicted octanol–water partition coefficient (Wildman–Crippen LogP) is 2.75. The van der Waals surface area contributed by atoms with E-state index in [1.54, 1.807) is 12.1 Å². The number of nitrogens with zero attached hydrogens (tertiary/aromatic N) is 2. The minimum atomic E-state index is -0.245. The molecule has 0 unspecified atom stereocenters. The number of nitrogen functional groups attached to an aromatic ring is 1. The van der Waals surface area contributed by atoms with E-state index in [1.807, 2.05) is 42.5 Å². The van der Waals surface area contributed by atoms with Gasteiger partial charge in [-0.05, 0) is 47.9 Å². The molecule has 0 spiro atoms. The summed E-state index contributed by atoms with van der Waals surface area (Å²) in [5, 5.41) is 1.51. The molecule has 0 aliphatic carbocycles. The molecular formula is C26H23N3O3. The third-order valence-electron chi connectivity index (χ3n) is 5.99. The van der Waals surface area contributed by atoms with Gasteiger partial charge in [0, 0.05) is 59.5 Å². The van der Waals surface area contributed by atoms with Gasteiger partial charge in [-0.15, -0.1) is 0 Å². The lowest BCUT2D eigenvalue weighted by atomic mass is 9.91. The molecule has 2 heterocycles. The third-order valence-corrected chi connectivity index (χ3v) is 5.99. The zero-order valence-electron chi connectivity index (χ0n) is 17.6. The third kappa shape index (κ3) is 3.73. The van der Waals surface area contributed by atoms with E-state index in [9.17, 15) is 9.59 Å². The highest BCUT2D eigenvalue weighted by Gasteiger charge is 2.33. The second-order valence-electron chi connectivity index (χ2n) is 7.98. The lowest BCUT2D eigenvalue weighted by molar-refractivity contribution is 0.0316. The molecule has 1 fully saturated rings. The van der Waals surface area contributed by atoms with Gasteiger partial charge in [-0.3, -0.25) is 19.4 Å². The van der Waals surface area contributed by atoms with E-state index in [0.29, 0.717) is 48.5 Å². The van der Waals surface area contributed by atoms with Crippen molar-refractivity contribution < 1.29 is 14.3 Å². The van der Waals surface area contributed by atoms with Gasteiger partial charge in [0.05, 0.1) is 13.2 Å². The highest BCUT2D eigenvalue weighted by Crippen LogP contribution is 2.32. The molecule has 3 aromatic carbocycles. The summed E-state index contributed by atoms with van der Waals surface area (Å²) >= 11 is 0. The number of imide groups is 1. The molecule has 1 saturated heterocycles. The van der Waals surface area contributed by atoms with Gasteiger partial charge in [0.1, 0.15) is 0 Å². The predicted molar refractivity (Wildman–Crippen MR) is 123 cm³/mol. The van der Waals surface area contributed by atoms with Crippen LogP contribution in [-0.4, -0.2) is 61.0 Å². The van der Waals surface area contributed by atoms with Crippen LogP contribution in [0.5, 0.6) is 0 Å². The van der Waals surface area contributed by atoms with Crippen molar-refractivity contribution in [2.75, 3.05) is 45.1 Å². The summed E-state index contributed by atoms with van der Waals surface area (Å²) in [7, 11) is 0. The van der Waals surface area contributed by atoms with Gasteiger partial charge in [0.2, 0.25) is 0 Å². The Kier molecular flexibility index (Phi) is 5.36. The van der Waals surface area contributed by atoms with Crippen molar-refractivity contribution in [3.05, 3.63) is 76.9 Å². The highest BCUT2D eigenvalue weighted by molar-refractivity contribution is 6.26. The zero-order valence-corrected chi connectivity index (χ0v) is 17.6. The van der Waals surface area contributed by atoms with Crippen LogP contribution in [-0.2, 0) is 4.74 Å². The summed E-state index contributed by atoms with van der Waals surface area (Å²) < 4.78 is 5.38. The van der Waals surface area contributed by atoms with Crippen molar-refractivity contribution in [2.24, 2.45) is 0 Å². The van der Waals surface area contributed by atoms with Crippen LogP contribution in [0.1, 0.15) is 31.8 Å². The van der Waals surface area contributed by atoms with Crippen molar-refractivity contribution in [3.63, 3.8) is 0 Å². The zero-order chi connectivity index (χ0) is 22.1. The van der Waals surface area contributed by atoms with E-state index < -0.39 is 0 Å². The Hall–Kier alpha value is -3.66. The number of amides is 2. The molecule has 2 N–H and O–H groups in total. The lowest BCUT2D eigenvalue weighted by Gasteiger charge is -2.31. The summed E-state index contributed by atoms with van der Waals surface area (Å²) in [6, 6.07) is 16.6. The Morgan fingerprint density at radius 2 is 1.56 bits per heavy atom. The largest absolute Gasteiger partial charge is 0.399 e. The molecule has 0 radical (unpaired) electrons. The molecule has 6 heteroatoms. The van der Waals surface area contributed by atoms with Crippen LogP contribution in [0.15, 0.2) is 54.6 Å². The number of ether oxygens (including phenoxy) is 1. The quantitative estimate of drug-likeness (QED) is 0.397. The molecule has 0 saturated carbocycles. The first-order valence-electron chi connectivity index (χ1n) is 10.7. The normalized spacial score (nSPS) is 16.2. The summed E-state index contributed by atoms with van der Waals surface area (Å²) in [6.45, 7) is 4.02. The molecule has 32 heavy (non-hydrogen) atoms.